The van der Waals surface area contributed by atoms with Crippen molar-refractivity contribution in [3.63, 3.8) is 0 Å². The van der Waals surface area contributed by atoms with E-state index in [1.807, 2.05) is 0 Å². The molecule has 0 saturated carbocycles. The first-order chi connectivity index (χ1) is 13.5. The van der Waals surface area contributed by atoms with Crippen LogP contribution in [0.15, 0.2) is 42.5 Å². The van der Waals surface area contributed by atoms with E-state index in [4.69, 9.17) is 32.7 Å². The van der Waals surface area contributed by atoms with E-state index in [9.17, 15) is 14.4 Å². The fourth-order valence-corrected chi connectivity index (χ4v) is 2.61. The molecule has 0 spiro atoms. The third kappa shape index (κ3) is 7.29. The molecule has 0 saturated heterocycles. The van der Waals surface area contributed by atoms with E-state index in [0.717, 1.165) is 0 Å². The molecule has 0 aromatic heterocycles. The number of anilines is 2. The van der Waals surface area contributed by atoms with Gasteiger partial charge in [0.2, 0.25) is 0 Å². The fraction of sp³-hybridized carbons (Fsp3) is 0.250. The van der Waals surface area contributed by atoms with Gasteiger partial charge in [-0.25, -0.2) is 9.59 Å². The Kier molecular flexibility index (Phi) is 7.47. The Labute approximate surface area is 178 Å². The molecule has 9 heteroatoms. The van der Waals surface area contributed by atoms with Crippen LogP contribution in [0.2, 0.25) is 10.0 Å². The second kappa shape index (κ2) is 9.62. The number of rotatable bonds is 5. The number of para-hydroxylation sites is 1. The van der Waals surface area contributed by atoms with E-state index in [2.05, 4.69) is 10.6 Å². The van der Waals surface area contributed by atoms with Crippen LogP contribution in [-0.4, -0.2) is 30.2 Å². The Balaban J connectivity index is 1.87. The number of ether oxygens (including phenoxy) is 2. The van der Waals surface area contributed by atoms with Gasteiger partial charge in [-0.2, -0.15) is 0 Å². The first-order valence-electron chi connectivity index (χ1n) is 8.56. The van der Waals surface area contributed by atoms with Gasteiger partial charge >= 0.3 is 12.1 Å². The van der Waals surface area contributed by atoms with Crippen molar-refractivity contribution in [2.24, 2.45) is 0 Å². The lowest BCUT2D eigenvalue weighted by Gasteiger charge is -2.19. The molecule has 29 heavy (non-hydrogen) atoms. The quantitative estimate of drug-likeness (QED) is 0.630. The topological polar surface area (TPSA) is 93.7 Å². The summed E-state index contributed by atoms with van der Waals surface area (Å²) in [6, 6.07) is 10.7. The summed E-state index contributed by atoms with van der Waals surface area (Å²) in [5.41, 5.74) is 0.280. The van der Waals surface area contributed by atoms with Crippen molar-refractivity contribution in [3.8, 4) is 0 Å². The average molecular weight is 439 g/mol. The lowest BCUT2D eigenvalue weighted by Crippen LogP contribution is -2.27. The van der Waals surface area contributed by atoms with Crippen LogP contribution in [0, 0.1) is 0 Å². The Morgan fingerprint density at radius 2 is 1.52 bits per heavy atom. The predicted molar refractivity (Wildman–Crippen MR) is 112 cm³/mol. The minimum atomic E-state index is -0.700. The Bertz CT molecular complexity index is 888. The smallest absolute Gasteiger partial charge is 0.412 e. The summed E-state index contributed by atoms with van der Waals surface area (Å²) in [6.07, 6.45) is -0.609. The van der Waals surface area contributed by atoms with Crippen molar-refractivity contribution in [1.29, 1.82) is 0 Å². The van der Waals surface area contributed by atoms with Crippen molar-refractivity contribution in [1.82, 2.24) is 0 Å². The van der Waals surface area contributed by atoms with Crippen LogP contribution in [0.25, 0.3) is 0 Å². The highest BCUT2D eigenvalue weighted by Gasteiger charge is 2.17. The highest BCUT2D eigenvalue weighted by molar-refractivity contribution is 6.39. The SMILES string of the molecule is CC(C)(C)OC(=O)Nc1ccc(C(=O)OCC(=O)Nc2c(Cl)cccc2Cl)cc1. The summed E-state index contributed by atoms with van der Waals surface area (Å²) in [5.74, 6) is -1.29. The molecule has 0 aliphatic carbocycles. The lowest BCUT2D eigenvalue weighted by atomic mass is 10.2. The first-order valence-corrected chi connectivity index (χ1v) is 9.32. The van der Waals surface area contributed by atoms with Crippen LogP contribution in [-0.2, 0) is 14.3 Å². The molecule has 0 atom stereocenters. The highest BCUT2D eigenvalue weighted by atomic mass is 35.5. The van der Waals surface area contributed by atoms with Crippen LogP contribution >= 0.6 is 23.2 Å². The summed E-state index contributed by atoms with van der Waals surface area (Å²) in [6.45, 7) is 4.74. The molecule has 2 aromatic rings. The third-order valence-electron chi connectivity index (χ3n) is 3.33. The monoisotopic (exact) mass is 438 g/mol. The lowest BCUT2D eigenvalue weighted by molar-refractivity contribution is -0.119. The number of amides is 2. The maximum atomic E-state index is 12.1. The van der Waals surface area contributed by atoms with Gasteiger partial charge in [-0.3, -0.25) is 10.1 Å². The van der Waals surface area contributed by atoms with E-state index < -0.39 is 30.2 Å². The molecular formula is C20H20Cl2N2O5. The summed E-state index contributed by atoms with van der Waals surface area (Å²) < 4.78 is 10.1. The molecule has 7 nitrogen and oxygen atoms in total. The van der Waals surface area contributed by atoms with Gasteiger partial charge in [-0.15, -0.1) is 0 Å². The maximum Gasteiger partial charge on any atom is 0.412 e. The summed E-state index contributed by atoms with van der Waals surface area (Å²) in [5, 5.41) is 5.58. The minimum Gasteiger partial charge on any atom is -0.452 e. The zero-order chi connectivity index (χ0) is 21.6. The Hall–Kier alpha value is -2.77. The van der Waals surface area contributed by atoms with Crippen molar-refractivity contribution in [3.05, 3.63) is 58.1 Å². The summed E-state index contributed by atoms with van der Waals surface area (Å²) >= 11 is 11.9. The second-order valence-corrected chi connectivity index (χ2v) is 7.74. The molecule has 0 radical (unpaired) electrons. The van der Waals surface area contributed by atoms with Gasteiger partial charge < -0.3 is 14.8 Å². The standard InChI is InChI=1S/C20H20Cl2N2O5/c1-20(2,3)29-19(27)23-13-9-7-12(8-10-13)18(26)28-11-16(25)24-17-14(21)5-4-6-15(17)22/h4-10H,11H2,1-3H3,(H,23,27)(H,24,25). The van der Waals surface area contributed by atoms with E-state index in [1.54, 1.807) is 39.0 Å². The highest BCUT2D eigenvalue weighted by Crippen LogP contribution is 2.29. The van der Waals surface area contributed by atoms with Crippen molar-refractivity contribution in [2.75, 3.05) is 17.2 Å². The van der Waals surface area contributed by atoms with Crippen molar-refractivity contribution >= 4 is 52.5 Å². The van der Waals surface area contributed by atoms with Gasteiger partial charge in [0.05, 0.1) is 21.3 Å². The van der Waals surface area contributed by atoms with Crippen molar-refractivity contribution < 1.29 is 23.9 Å². The fourth-order valence-electron chi connectivity index (χ4n) is 2.12. The molecule has 0 fully saturated rings. The average Bonchev–Trinajstić information content (AvgIpc) is 2.62. The van der Waals surface area contributed by atoms with Crippen LogP contribution < -0.4 is 10.6 Å². The normalized spacial score (nSPS) is 10.8. The van der Waals surface area contributed by atoms with E-state index in [0.29, 0.717) is 5.69 Å². The minimum absolute atomic E-state index is 0.211. The van der Waals surface area contributed by atoms with E-state index in [1.165, 1.54) is 24.3 Å². The number of halogens is 2. The molecule has 0 bridgehead atoms. The van der Waals surface area contributed by atoms with Crippen LogP contribution in [0.4, 0.5) is 16.2 Å². The molecule has 154 valence electrons. The van der Waals surface area contributed by atoms with E-state index in [-0.39, 0.29) is 21.3 Å². The molecule has 0 unspecified atom stereocenters. The molecule has 2 rings (SSSR count). The molecule has 2 amide bonds. The predicted octanol–water partition coefficient (Wildman–Crippen LogP) is 5.14. The van der Waals surface area contributed by atoms with Gasteiger partial charge in [0.25, 0.3) is 5.91 Å². The molecule has 0 aliphatic heterocycles. The number of hydrogen-bond donors (Lipinski definition) is 2. The van der Waals surface area contributed by atoms with Crippen LogP contribution in [0.3, 0.4) is 0 Å². The van der Waals surface area contributed by atoms with Gasteiger partial charge in [-0.1, -0.05) is 29.3 Å². The number of carbonyl (C=O) groups is 3. The number of esters is 1. The second-order valence-electron chi connectivity index (χ2n) is 6.93. The van der Waals surface area contributed by atoms with E-state index >= 15 is 0 Å². The number of nitrogens with one attached hydrogen (secondary N) is 2. The summed E-state index contributed by atoms with van der Waals surface area (Å²) in [7, 11) is 0. The largest absolute Gasteiger partial charge is 0.452 e. The molecular weight excluding hydrogens is 419 g/mol. The Morgan fingerprint density at radius 1 is 0.931 bits per heavy atom. The van der Waals surface area contributed by atoms with Crippen LogP contribution in [0.1, 0.15) is 31.1 Å². The number of hydrogen-bond acceptors (Lipinski definition) is 5. The zero-order valence-corrected chi connectivity index (χ0v) is 17.6. The van der Waals surface area contributed by atoms with Crippen molar-refractivity contribution in [2.45, 2.75) is 26.4 Å². The molecule has 2 aromatic carbocycles. The summed E-state index contributed by atoms with van der Waals surface area (Å²) in [4.78, 5) is 35.8. The van der Waals surface area contributed by atoms with Gasteiger partial charge in [-0.05, 0) is 57.2 Å². The molecule has 0 heterocycles. The molecule has 2 N–H and O–H groups in total. The van der Waals surface area contributed by atoms with Gasteiger partial charge in [0.1, 0.15) is 5.60 Å². The molecule has 0 aliphatic rings. The first kappa shape index (κ1) is 22.5. The van der Waals surface area contributed by atoms with Crippen LogP contribution in [0.5, 0.6) is 0 Å². The number of benzene rings is 2. The third-order valence-corrected chi connectivity index (χ3v) is 3.96. The van der Waals surface area contributed by atoms with Gasteiger partial charge in [0.15, 0.2) is 6.61 Å². The Morgan fingerprint density at radius 3 is 2.07 bits per heavy atom. The number of carbonyl (C=O) groups excluding carboxylic acids is 3. The van der Waals surface area contributed by atoms with Gasteiger partial charge in [0, 0.05) is 5.69 Å². The zero-order valence-electron chi connectivity index (χ0n) is 16.0. The maximum absolute atomic E-state index is 12.1.